The zero-order valence-corrected chi connectivity index (χ0v) is 6.35. The van der Waals surface area contributed by atoms with Crippen molar-refractivity contribution in [2.45, 2.75) is 6.18 Å². The Kier molecular flexibility index (Phi) is 3.69. The summed E-state index contributed by atoms with van der Waals surface area (Å²) >= 11 is 0. The van der Waals surface area contributed by atoms with Crippen LogP contribution in [0.5, 0.6) is 5.75 Å². The van der Waals surface area contributed by atoms with Gasteiger partial charge in [-0.1, -0.05) is 24.3 Å². The van der Waals surface area contributed by atoms with Crippen molar-refractivity contribution < 1.29 is 37.1 Å². The van der Waals surface area contributed by atoms with E-state index in [1.54, 1.807) is 0 Å². The molecule has 5 heteroatoms. The number of benzene rings is 1. The predicted octanol–water partition coefficient (Wildman–Crippen LogP) is -1.22. The molecule has 0 unspecified atom stereocenters. The second kappa shape index (κ2) is 3.88. The van der Waals surface area contributed by atoms with E-state index in [1.165, 1.54) is 0 Å². The van der Waals surface area contributed by atoms with Crippen LogP contribution in [0.25, 0.3) is 0 Å². The van der Waals surface area contributed by atoms with Gasteiger partial charge in [0, 0.05) is 0 Å². The van der Waals surface area contributed by atoms with Gasteiger partial charge in [-0.05, 0) is 0 Å². The minimum Gasteiger partial charge on any atom is -0.872 e. The van der Waals surface area contributed by atoms with Gasteiger partial charge in [0.2, 0.25) is 0 Å². The van der Waals surface area contributed by atoms with Crippen LogP contribution in [0.1, 0.15) is 5.56 Å². The summed E-state index contributed by atoms with van der Waals surface area (Å²) in [7, 11) is 0. The predicted molar refractivity (Wildman–Crippen MR) is 30.9 cm³/mol. The molecule has 0 aliphatic heterocycles. The zero-order chi connectivity index (χ0) is 8.48. The van der Waals surface area contributed by atoms with Gasteiger partial charge in [0.15, 0.2) is 0 Å². The van der Waals surface area contributed by atoms with E-state index in [2.05, 4.69) is 0 Å². The number of hydrogen-bond donors (Lipinski definition) is 0. The van der Waals surface area contributed by atoms with Gasteiger partial charge in [-0.3, -0.25) is 0 Å². The maximum Gasteiger partial charge on any atom is 1.00 e. The average molecular weight is 168 g/mol. The van der Waals surface area contributed by atoms with Crippen molar-refractivity contribution in [1.29, 1.82) is 0 Å². The van der Waals surface area contributed by atoms with E-state index in [4.69, 9.17) is 0 Å². The average Bonchev–Trinajstić information content (AvgIpc) is 1.86. The van der Waals surface area contributed by atoms with Gasteiger partial charge in [-0.15, -0.1) is 5.75 Å². The van der Waals surface area contributed by atoms with E-state index in [1.807, 2.05) is 0 Å². The first kappa shape index (κ1) is 11.4. The zero-order valence-electron chi connectivity index (χ0n) is 6.35. The van der Waals surface area contributed by atoms with Crippen molar-refractivity contribution in [3.05, 3.63) is 29.8 Å². The molecule has 1 aromatic carbocycles. The van der Waals surface area contributed by atoms with E-state index in [9.17, 15) is 18.3 Å². The molecule has 0 bridgehead atoms. The largest absolute Gasteiger partial charge is 1.00 e. The minimum absolute atomic E-state index is 0. The molecule has 0 radical (unpaired) electrons. The fourth-order valence-electron chi connectivity index (χ4n) is 0.644. The second-order valence-corrected chi connectivity index (χ2v) is 2.02. The fourth-order valence-corrected chi connectivity index (χ4v) is 0.644. The number of hydrogen-bond acceptors (Lipinski definition) is 1. The van der Waals surface area contributed by atoms with Crippen LogP contribution >= 0.6 is 0 Å². The molecule has 1 nitrogen and oxygen atoms in total. The van der Waals surface area contributed by atoms with Crippen molar-refractivity contribution in [1.82, 2.24) is 0 Å². The van der Waals surface area contributed by atoms with E-state index in [0.29, 0.717) is 0 Å². The number of rotatable bonds is 0. The van der Waals surface area contributed by atoms with Crippen molar-refractivity contribution in [3.63, 3.8) is 0 Å². The summed E-state index contributed by atoms with van der Waals surface area (Å²) in [4.78, 5) is 0. The number of alkyl halides is 3. The quantitative estimate of drug-likeness (QED) is 0.445. The van der Waals surface area contributed by atoms with Crippen LogP contribution in [-0.4, -0.2) is 0 Å². The molecule has 0 aromatic heterocycles. The van der Waals surface area contributed by atoms with E-state index >= 15 is 0 Å². The van der Waals surface area contributed by atoms with Gasteiger partial charge in [0.25, 0.3) is 0 Å². The fraction of sp³-hybridized carbons (Fsp3) is 0.143. The van der Waals surface area contributed by atoms with Gasteiger partial charge in [-0.25, -0.2) is 0 Å². The second-order valence-electron chi connectivity index (χ2n) is 2.02. The molecular formula is C7H4F3LiO. The molecule has 60 valence electrons. The Hall–Kier alpha value is -0.593. The van der Waals surface area contributed by atoms with E-state index in [0.717, 1.165) is 24.3 Å². The molecule has 0 N–H and O–H groups in total. The van der Waals surface area contributed by atoms with Crippen LogP contribution < -0.4 is 24.0 Å². The first-order valence-corrected chi connectivity index (χ1v) is 2.84. The van der Waals surface area contributed by atoms with Crippen LogP contribution in [0.3, 0.4) is 0 Å². The smallest absolute Gasteiger partial charge is 0.872 e. The molecule has 1 aromatic rings. The van der Waals surface area contributed by atoms with Crippen molar-refractivity contribution in [3.8, 4) is 5.75 Å². The topological polar surface area (TPSA) is 23.1 Å². The SMILES string of the molecule is [Li+].[O-]c1ccc(C(F)(F)F)cc1. The maximum atomic E-state index is 11.8. The summed E-state index contributed by atoms with van der Waals surface area (Å²) in [5.74, 6) is -0.419. The number of halogens is 3. The molecule has 0 spiro atoms. The molecule has 0 aliphatic rings. The molecule has 12 heavy (non-hydrogen) atoms. The van der Waals surface area contributed by atoms with E-state index in [-0.39, 0.29) is 18.9 Å². The van der Waals surface area contributed by atoms with Crippen molar-refractivity contribution in [2.75, 3.05) is 0 Å². The first-order valence-electron chi connectivity index (χ1n) is 2.84. The van der Waals surface area contributed by atoms with E-state index < -0.39 is 17.5 Å². The summed E-state index contributed by atoms with van der Waals surface area (Å²) in [6.45, 7) is 0. The summed E-state index contributed by atoms with van der Waals surface area (Å²) < 4.78 is 35.5. The van der Waals surface area contributed by atoms with Crippen molar-refractivity contribution >= 4 is 0 Å². The van der Waals surface area contributed by atoms with Crippen LogP contribution in [0.4, 0.5) is 13.2 Å². The van der Waals surface area contributed by atoms with Gasteiger partial charge in [0.1, 0.15) is 0 Å². The Labute approximate surface area is 79.4 Å². The minimum atomic E-state index is -4.35. The standard InChI is InChI=1S/C7H5F3O.Li/c8-7(9,10)5-1-3-6(11)4-2-5;/h1-4,11H;/q;+1/p-1. The normalized spacial score (nSPS) is 10.6. The summed E-state index contributed by atoms with van der Waals surface area (Å²) in [6, 6.07) is 3.32. The van der Waals surface area contributed by atoms with Crippen LogP contribution in [-0.2, 0) is 6.18 Å². The molecule has 0 heterocycles. The first-order chi connectivity index (χ1) is 5.00. The summed E-state index contributed by atoms with van der Waals surface area (Å²) in [5, 5.41) is 10.4. The van der Waals surface area contributed by atoms with Gasteiger partial charge < -0.3 is 5.11 Å². The summed E-state index contributed by atoms with van der Waals surface area (Å²) in [5.41, 5.74) is -0.794. The molecule has 0 saturated carbocycles. The van der Waals surface area contributed by atoms with Crippen LogP contribution in [0, 0.1) is 0 Å². The van der Waals surface area contributed by atoms with Crippen LogP contribution in [0.2, 0.25) is 0 Å². The summed E-state index contributed by atoms with van der Waals surface area (Å²) in [6.07, 6.45) is -4.35. The third kappa shape index (κ3) is 2.80. The molecule has 1 rings (SSSR count). The van der Waals surface area contributed by atoms with Gasteiger partial charge in [-0.2, -0.15) is 13.2 Å². The molecular weight excluding hydrogens is 164 g/mol. The van der Waals surface area contributed by atoms with Crippen molar-refractivity contribution in [2.24, 2.45) is 0 Å². The Morgan fingerprint density at radius 3 is 1.75 bits per heavy atom. The molecule has 0 atom stereocenters. The van der Waals surface area contributed by atoms with Gasteiger partial charge >= 0.3 is 25.0 Å². The molecule has 0 saturated heterocycles. The molecule has 0 aliphatic carbocycles. The third-order valence-corrected chi connectivity index (χ3v) is 1.18. The Balaban J connectivity index is 0.00000121. The third-order valence-electron chi connectivity index (χ3n) is 1.18. The molecule has 0 amide bonds. The molecule has 0 fully saturated rings. The Morgan fingerprint density at radius 1 is 1.00 bits per heavy atom. The Morgan fingerprint density at radius 2 is 1.42 bits per heavy atom. The maximum absolute atomic E-state index is 11.8. The van der Waals surface area contributed by atoms with Crippen LogP contribution in [0.15, 0.2) is 24.3 Å². The monoisotopic (exact) mass is 168 g/mol. The van der Waals surface area contributed by atoms with Gasteiger partial charge in [0.05, 0.1) is 5.56 Å². The Bertz CT molecular complexity index is 242.